The molecule has 4 aromatic rings. The molecular formula is C25H24BrN3O2S. The maximum absolute atomic E-state index is 12.7. The topological polar surface area (TPSA) is 56.1 Å². The van der Waals surface area contributed by atoms with E-state index in [0.29, 0.717) is 23.7 Å². The third-order valence-corrected chi connectivity index (χ3v) is 6.69. The van der Waals surface area contributed by atoms with E-state index >= 15 is 0 Å². The van der Waals surface area contributed by atoms with Crippen molar-refractivity contribution in [2.24, 2.45) is 0 Å². The number of rotatable bonds is 7. The Bertz CT molecular complexity index is 1240. The molecular weight excluding hydrogens is 486 g/mol. The maximum Gasteiger partial charge on any atom is 0.265 e. The van der Waals surface area contributed by atoms with Gasteiger partial charge in [0.1, 0.15) is 12.4 Å². The van der Waals surface area contributed by atoms with E-state index in [9.17, 15) is 4.79 Å². The van der Waals surface area contributed by atoms with E-state index in [1.54, 1.807) is 10.9 Å². The largest absolute Gasteiger partial charge is 0.489 e. The van der Waals surface area contributed by atoms with Crippen molar-refractivity contribution in [3.05, 3.63) is 97.4 Å². The van der Waals surface area contributed by atoms with Crippen molar-refractivity contribution >= 4 is 38.9 Å². The molecule has 7 heteroatoms. The van der Waals surface area contributed by atoms with Crippen molar-refractivity contribution in [3.63, 3.8) is 0 Å². The lowest BCUT2D eigenvalue weighted by atomic mass is 10.1. The van der Waals surface area contributed by atoms with Gasteiger partial charge in [-0.1, -0.05) is 34.1 Å². The van der Waals surface area contributed by atoms with Crippen LogP contribution in [0, 0.1) is 20.8 Å². The highest BCUT2D eigenvalue weighted by Gasteiger charge is 2.12. The molecule has 0 unspecified atom stereocenters. The summed E-state index contributed by atoms with van der Waals surface area (Å²) in [7, 11) is 0. The van der Waals surface area contributed by atoms with Crippen LogP contribution in [-0.4, -0.2) is 15.7 Å². The van der Waals surface area contributed by atoms with E-state index in [1.165, 1.54) is 22.5 Å². The van der Waals surface area contributed by atoms with Gasteiger partial charge in [-0.2, -0.15) is 5.10 Å². The highest BCUT2D eigenvalue weighted by molar-refractivity contribution is 9.10. The second-order valence-electron chi connectivity index (χ2n) is 7.82. The molecule has 2 aromatic carbocycles. The van der Waals surface area contributed by atoms with E-state index in [1.807, 2.05) is 48.0 Å². The molecule has 0 radical (unpaired) electrons. The van der Waals surface area contributed by atoms with Crippen LogP contribution in [0.5, 0.6) is 5.75 Å². The number of aryl methyl sites for hydroxylation is 2. The Labute approximate surface area is 200 Å². The van der Waals surface area contributed by atoms with Gasteiger partial charge in [0.05, 0.1) is 23.3 Å². The molecule has 0 aliphatic carbocycles. The predicted molar refractivity (Wildman–Crippen MR) is 133 cm³/mol. The second-order valence-corrected chi connectivity index (χ2v) is 9.65. The minimum atomic E-state index is -0.146. The predicted octanol–water partition coefficient (Wildman–Crippen LogP) is 6.51. The van der Waals surface area contributed by atoms with Gasteiger partial charge in [-0.05, 0) is 72.7 Å². The highest BCUT2D eigenvalue weighted by atomic mass is 79.9. The SMILES string of the molecule is Cc1cc(C)c(C)c(OCc2csc(C(=O)Nc3cnn(Cc4ccc(Br)cc4)c3)c2)c1. The standard InChI is InChI=1S/C25H24BrN3O2S/c1-16-8-17(2)18(3)23(9-16)31-14-20-10-24(32-15-20)25(30)28-22-11-27-29(13-22)12-19-4-6-21(26)7-5-19/h4-11,13,15H,12,14H2,1-3H3,(H,28,30). The number of thiophene rings is 1. The quantitative estimate of drug-likeness (QED) is 0.308. The molecule has 32 heavy (non-hydrogen) atoms. The van der Waals surface area contributed by atoms with Crippen molar-refractivity contribution < 1.29 is 9.53 Å². The van der Waals surface area contributed by atoms with E-state index < -0.39 is 0 Å². The number of anilines is 1. The van der Waals surface area contributed by atoms with Crippen LogP contribution in [-0.2, 0) is 13.2 Å². The number of ether oxygens (including phenoxy) is 1. The van der Waals surface area contributed by atoms with Crippen LogP contribution in [0.2, 0.25) is 0 Å². The van der Waals surface area contributed by atoms with Gasteiger partial charge in [0.25, 0.3) is 5.91 Å². The van der Waals surface area contributed by atoms with Crippen molar-refractivity contribution in [1.29, 1.82) is 0 Å². The fourth-order valence-electron chi connectivity index (χ4n) is 3.37. The lowest BCUT2D eigenvalue weighted by Gasteiger charge is -2.11. The van der Waals surface area contributed by atoms with Gasteiger partial charge in [-0.15, -0.1) is 11.3 Å². The van der Waals surface area contributed by atoms with E-state index in [2.05, 4.69) is 53.2 Å². The van der Waals surface area contributed by atoms with Gasteiger partial charge < -0.3 is 10.1 Å². The Balaban J connectivity index is 1.35. The highest BCUT2D eigenvalue weighted by Crippen LogP contribution is 2.25. The summed E-state index contributed by atoms with van der Waals surface area (Å²) in [4.78, 5) is 13.3. The van der Waals surface area contributed by atoms with Crippen LogP contribution in [0.25, 0.3) is 0 Å². The summed E-state index contributed by atoms with van der Waals surface area (Å²) in [5, 5.41) is 9.23. The summed E-state index contributed by atoms with van der Waals surface area (Å²) in [6, 6.07) is 14.2. The second kappa shape index (κ2) is 9.71. The molecule has 5 nitrogen and oxygen atoms in total. The average Bonchev–Trinajstić information content (AvgIpc) is 3.41. The average molecular weight is 510 g/mol. The van der Waals surface area contributed by atoms with E-state index in [-0.39, 0.29) is 5.91 Å². The molecule has 4 rings (SSSR count). The Morgan fingerprint density at radius 2 is 1.91 bits per heavy atom. The van der Waals surface area contributed by atoms with Crippen LogP contribution >= 0.6 is 27.3 Å². The van der Waals surface area contributed by atoms with Gasteiger partial charge in [-0.25, -0.2) is 0 Å². The van der Waals surface area contributed by atoms with Gasteiger partial charge in [0.2, 0.25) is 0 Å². The summed E-state index contributed by atoms with van der Waals surface area (Å²) in [6.07, 6.45) is 3.50. The number of halogens is 1. The molecule has 0 bridgehead atoms. The number of carbonyl (C=O) groups excluding carboxylic acids is 1. The van der Waals surface area contributed by atoms with Crippen molar-refractivity contribution in [2.75, 3.05) is 5.32 Å². The molecule has 0 saturated carbocycles. The van der Waals surface area contributed by atoms with Gasteiger partial charge in [0.15, 0.2) is 0 Å². The van der Waals surface area contributed by atoms with Crippen LogP contribution < -0.4 is 10.1 Å². The van der Waals surface area contributed by atoms with Gasteiger partial charge >= 0.3 is 0 Å². The summed E-state index contributed by atoms with van der Waals surface area (Å²) < 4.78 is 8.87. The van der Waals surface area contributed by atoms with Gasteiger partial charge in [0, 0.05) is 16.2 Å². The zero-order valence-electron chi connectivity index (χ0n) is 18.2. The maximum atomic E-state index is 12.7. The molecule has 0 fully saturated rings. The number of amides is 1. The molecule has 164 valence electrons. The summed E-state index contributed by atoms with van der Waals surface area (Å²) >= 11 is 4.85. The normalized spacial score (nSPS) is 10.9. The number of benzene rings is 2. The zero-order chi connectivity index (χ0) is 22.7. The first-order valence-electron chi connectivity index (χ1n) is 10.2. The third kappa shape index (κ3) is 5.47. The van der Waals surface area contributed by atoms with Crippen LogP contribution in [0.1, 0.15) is 37.5 Å². The van der Waals surface area contributed by atoms with E-state index in [4.69, 9.17) is 4.74 Å². The van der Waals surface area contributed by atoms with Crippen LogP contribution in [0.4, 0.5) is 5.69 Å². The fourth-order valence-corrected chi connectivity index (χ4v) is 4.42. The summed E-state index contributed by atoms with van der Waals surface area (Å²) in [5.74, 6) is 0.741. The molecule has 2 aromatic heterocycles. The fraction of sp³-hybridized carbons (Fsp3) is 0.200. The number of nitrogens with one attached hydrogen (secondary N) is 1. The lowest BCUT2D eigenvalue weighted by Crippen LogP contribution is -2.09. The Kier molecular flexibility index (Phi) is 6.77. The summed E-state index contributed by atoms with van der Waals surface area (Å²) in [6.45, 7) is 7.28. The van der Waals surface area contributed by atoms with Crippen LogP contribution in [0.3, 0.4) is 0 Å². The molecule has 0 spiro atoms. The van der Waals surface area contributed by atoms with Crippen molar-refractivity contribution in [2.45, 2.75) is 33.9 Å². The third-order valence-electron chi connectivity index (χ3n) is 5.18. The lowest BCUT2D eigenvalue weighted by molar-refractivity contribution is 0.103. The van der Waals surface area contributed by atoms with Crippen LogP contribution in [0.15, 0.2) is 64.7 Å². The summed E-state index contributed by atoms with van der Waals surface area (Å²) in [5.41, 5.74) is 6.31. The molecule has 2 heterocycles. The number of nitrogens with zero attached hydrogens (tertiary/aromatic N) is 2. The molecule has 1 amide bonds. The van der Waals surface area contributed by atoms with Gasteiger partial charge in [-0.3, -0.25) is 9.48 Å². The number of hydrogen-bond acceptors (Lipinski definition) is 4. The molecule has 0 aliphatic rings. The minimum absolute atomic E-state index is 0.146. The first-order chi connectivity index (χ1) is 15.4. The van der Waals surface area contributed by atoms with Crippen molar-refractivity contribution in [1.82, 2.24) is 9.78 Å². The molecule has 0 atom stereocenters. The number of aromatic nitrogens is 2. The minimum Gasteiger partial charge on any atom is -0.489 e. The molecule has 0 saturated heterocycles. The monoisotopic (exact) mass is 509 g/mol. The van der Waals surface area contributed by atoms with Crippen molar-refractivity contribution in [3.8, 4) is 5.75 Å². The zero-order valence-corrected chi connectivity index (χ0v) is 20.6. The number of carbonyl (C=O) groups is 1. The van der Waals surface area contributed by atoms with E-state index in [0.717, 1.165) is 26.9 Å². The smallest absolute Gasteiger partial charge is 0.265 e. The Morgan fingerprint density at radius 3 is 2.69 bits per heavy atom. The molecule has 0 aliphatic heterocycles. The first kappa shape index (κ1) is 22.3. The first-order valence-corrected chi connectivity index (χ1v) is 11.9. The Morgan fingerprint density at radius 1 is 1.12 bits per heavy atom. The number of hydrogen-bond donors (Lipinski definition) is 1. The molecule has 1 N–H and O–H groups in total. The Hall–Kier alpha value is -2.90.